The van der Waals surface area contributed by atoms with E-state index in [1.54, 1.807) is 28.9 Å². The molecule has 5 heteroatoms. The third-order valence-electron chi connectivity index (χ3n) is 2.85. The highest BCUT2D eigenvalue weighted by Gasteiger charge is 2.25. The van der Waals surface area contributed by atoms with Crippen molar-refractivity contribution >= 4 is 5.82 Å². The van der Waals surface area contributed by atoms with Gasteiger partial charge < -0.3 is 14.6 Å². The van der Waals surface area contributed by atoms with E-state index in [2.05, 4.69) is 4.98 Å². The van der Waals surface area contributed by atoms with Crippen molar-refractivity contribution in [3.8, 4) is 0 Å². The molecule has 0 fully saturated rings. The average molecular weight is 225 g/mol. The molecule has 1 rings (SSSR count). The molecule has 0 bridgehead atoms. The minimum Gasteiger partial charge on any atom is -0.394 e. The molecule has 0 aliphatic rings. The van der Waals surface area contributed by atoms with Crippen molar-refractivity contribution in [2.45, 2.75) is 32.9 Å². The van der Waals surface area contributed by atoms with E-state index in [9.17, 15) is 9.90 Å². The molecule has 0 saturated carbocycles. The van der Waals surface area contributed by atoms with Crippen LogP contribution in [0.3, 0.4) is 0 Å². The number of anilines is 1. The normalized spacial score (nSPS) is 11.6. The molecular weight excluding hydrogens is 206 g/mol. The molecule has 0 aliphatic carbocycles. The van der Waals surface area contributed by atoms with Gasteiger partial charge in [-0.3, -0.25) is 4.79 Å². The first-order valence-electron chi connectivity index (χ1n) is 5.34. The first-order chi connectivity index (χ1) is 7.44. The molecular formula is C11H19N3O2. The zero-order chi connectivity index (χ0) is 12.3. The molecule has 1 aromatic rings. The van der Waals surface area contributed by atoms with Gasteiger partial charge in [0.2, 0.25) is 0 Å². The van der Waals surface area contributed by atoms with Gasteiger partial charge in [0.05, 0.1) is 12.1 Å². The Morgan fingerprint density at radius 3 is 2.69 bits per heavy atom. The van der Waals surface area contributed by atoms with Crippen LogP contribution in [-0.4, -0.2) is 33.9 Å². The van der Waals surface area contributed by atoms with Crippen LogP contribution in [0.1, 0.15) is 20.8 Å². The molecule has 1 aromatic heterocycles. The summed E-state index contributed by atoms with van der Waals surface area (Å²) in [5, 5.41) is 9.26. The number of aromatic nitrogens is 2. The molecule has 0 spiro atoms. The Kier molecular flexibility index (Phi) is 3.70. The van der Waals surface area contributed by atoms with E-state index in [4.69, 9.17) is 0 Å². The van der Waals surface area contributed by atoms with Gasteiger partial charge in [-0.1, -0.05) is 0 Å². The summed E-state index contributed by atoms with van der Waals surface area (Å²) in [7, 11) is 1.76. The first kappa shape index (κ1) is 12.7. The van der Waals surface area contributed by atoms with Crippen LogP contribution in [-0.2, 0) is 6.54 Å². The fourth-order valence-corrected chi connectivity index (χ4v) is 1.31. The predicted octanol–water partition coefficient (Wildman–Crippen LogP) is 0.470. The van der Waals surface area contributed by atoms with Gasteiger partial charge in [-0.25, -0.2) is 4.98 Å². The molecule has 0 amide bonds. The Hall–Kier alpha value is -1.36. The van der Waals surface area contributed by atoms with Crippen LogP contribution in [0.25, 0.3) is 0 Å². The molecule has 0 atom stereocenters. The Labute approximate surface area is 95.4 Å². The molecule has 0 unspecified atom stereocenters. The van der Waals surface area contributed by atoms with Gasteiger partial charge in [-0.15, -0.1) is 0 Å². The molecule has 5 nitrogen and oxygen atoms in total. The topological polar surface area (TPSA) is 58.4 Å². The van der Waals surface area contributed by atoms with Crippen molar-refractivity contribution in [3.05, 3.63) is 22.7 Å². The molecule has 0 aliphatic heterocycles. The second-order valence-electron chi connectivity index (χ2n) is 4.37. The van der Waals surface area contributed by atoms with E-state index < -0.39 is 5.54 Å². The molecule has 1 N–H and O–H groups in total. The summed E-state index contributed by atoms with van der Waals surface area (Å²) in [6.07, 6.45) is 3.26. The molecule has 0 saturated heterocycles. The van der Waals surface area contributed by atoms with Crippen LogP contribution in [0.5, 0.6) is 0 Å². The van der Waals surface area contributed by atoms with Crippen LogP contribution in [0, 0.1) is 0 Å². The van der Waals surface area contributed by atoms with Gasteiger partial charge in [0, 0.05) is 26.0 Å². The van der Waals surface area contributed by atoms with E-state index in [1.165, 1.54) is 0 Å². The van der Waals surface area contributed by atoms with E-state index >= 15 is 0 Å². The third-order valence-corrected chi connectivity index (χ3v) is 2.85. The van der Waals surface area contributed by atoms with Gasteiger partial charge in [0.1, 0.15) is 0 Å². The van der Waals surface area contributed by atoms with Crippen molar-refractivity contribution in [1.29, 1.82) is 0 Å². The lowest BCUT2D eigenvalue weighted by molar-refractivity contribution is 0.215. The Morgan fingerprint density at radius 2 is 2.19 bits per heavy atom. The minimum absolute atomic E-state index is 0.0361. The summed E-state index contributed by atoms with van der Waals surface area (Å²) in [6.45, 7) is 6.20. The number of aliphatic hydroxyl groups is 1. The monoisotopic (exact) mass is 225 g/mol. The highest BCUT2D eigenvalue weighted by atomic mass is 16.3. The number of aryl methyl sites for hydroxylation is 1. The summed E-state index contributed by atoms with van der Waals surface area (Å²) in [5.41, 5.74) is -0.631. The van der Waals surface area contributed by atoms with E-state index in [0.29, 0.717) is 12.4 Å². The average Bonchev–Trinajstić information content (AvgIpc) is 2.28. The van der Waals surface area contributed by atoms with Crippen LogP contribution in [0.15, 0.2) is 17.2 Å². The summed E-state index contributed by atoms with van der Waals surface area (Å²) in [6, 6.07) is 0. The predicted molar refractivity (Wildman–Crippen MR) is 63.7 cm³/mol. The number of aliphatic hydroxyl groups excluding tert-OH is 1. The smallest absolute Gasteiger partial charge is 0.293 e. The molecule has 90 valence electrons. The molecule has 0 aromatic carbocycles. The van der Waals surface area contributed by atoms with Gasteiger partial charge >= 0.3 is 0 Å². The van der Waals surface area contributed by atoms with Gasteiger partial charge in [-0.2, -0.15) is 0 Å². The summed E-state index contributed by atoms with van der Waals surface area (Å²) in [4.78, 5) is 17.8. The van der Waals surface area contributed by atoms with Crippen LogP contribution in [0.2, 0.25) is 0 Å². The van der Waals surface area contributed by atoms with Crippen molar-refractivity contribution in [2.24, 2.45) is 0 Å². The van der Waals surface area contributed by atoms with Gasteiger partial charge in [0.15, 0.2) is 5.82 Å². The standard InChI is InChI=1S/C11H19N3O2/c1-5-14-7-6-12-9(10(14)16)13(4)11(2,3)8-15/h6-7,15H,5,8H2,1-4H3. The lowest BCUT2D eigenvalue weighted by Crippen LogP contribution is -2.47. The van der Waals surface area contributed by atoms with Crippen molar-refractivity contribution in [2.75, 3.05) is 18.6 Å². The van der Waals surface area contributed by atoms with Crippen molar-refractivity contribution in [3.63, 3.8) is 0 Å². The molecule has 0 radical (unpaired) electrons. The Bertz CT molecular complexity index is 412. The van der Waals surface area contributed by atoms with E-state index in [1.807, 2.05) is 20.8 Å². The highest BCUT2D eigenvalue weighted by Crippen LogP contribution is 2.15. The van der Waals surface area contributed by atoms with E-state index in [0.717, 1.165) is 0 Å². The van der Waals surface area contributed by atoms with Crippen LogP contribution in [0.4, 0.5) is 5.82 Å². The number of hydrogen-bond donors (Lipinski definition) is 1. The fraction of sp³-hybridized carbons (Fsp3) is 0.636. The fourth-order valence-electron chi connectivity index (χ4n) is 1.31. The lowest BCUT2D eigenvalue weighted by Gasteiger charge is -2.34. The first-order valence-corrected chi connectivity index (χ1v) is 5.34. The Morgan fingerprint density at radius 1 is 1.56 bits per heavy atom. The maximum Gasteiger partial charge on any atom is 0.293 e. The number of rotatable bonds is 4. The summed E-state index contributed by atoms with van der Waals surface area (Å²) < 4.78 is 1.59. The number of hydrogen-bond acceptors (Lipinski definition) is 4. The zero-order valence-electron chi connectivity index (χ0n) is 10.3. The van der Waals surface area contributed by atoms with E-state index in [-0.39, 0.29) is 12.2 Å². The Balaban J connectivity index is 3.19. The van der Waals surface area contributed by atoms with Gasteiger partial charge in [0.25, 0.3) is 5.56 Å². The SMILES string of the molecule is CCn1ccnc(N(C)C(C)(C)CO)c1=O. The zero-order valence-corrected chi connectivity index (χ0v) is 10.3. The van der Waals surface area contributed by atoms with Crippen LogP contribution < -0.4 is 10.5 Å². The highest BCUT2D eigenvalue weighted by molar-refractivity contribution is 5.38. The number of nitrogens with zero attached hydrogens (tertiary/aromatic N) is 3. The maximum atomic E-state index is 12.0. The van der Waals surface area contributed by atoms with Gasteiger partial charge in [-0.05, 0) is 20.8 Å². The quantitative estimate of drug-likeness (QED) is 0.809. The second-order valence-corrected chi connectivity index (χ2v) is 4.37. The lowest BCUT2D eigenvalue weighted by atomic mass is 10.1. The largest absolute Gasteiger partial charge is 0.394 e. The minimum atomic E-state index is -0.501. The molecule has 1 heterocycles. The summed E-state index contributed by atoms with van der Waals surface area (Å²) >= 11 is 0. The summed E-state index contributed by atoms with van der Waals surface area (Å²) in [5.74, 6) is 0.364. The third kappa shape index (κ3) is 2.24. The van der Waals surface area contributed by atoms with Crippen molar-refractivity contribution < 1.29 is 5.11 Å². The van der Waals surface area contributed by atoms with Crippen LogP contribution >= 0.6 is 0 Å². The molecule has 16 heavy (non-hydrogen) atoms. The maximum absolute atomic E-state index is 12.0. The second kappa shape index (κ2) is 4.65. The number of likely N-dealkylation sites (N-methyl/N-ethyl adjacent to an activating group) is 1. The van der Waals surface area contributed by atoms with Crippen molar-refractivity contribution in [1.82, 2.24) is 9.55 Å².